The van der Waals surface area contributed by atoms with E-state index in [-0.39, 0.29) is 0 Å². The van der Waals surface area contributed by atoms with Gasteiger partial charge in [-0.15, -0.1) is 0 Å². The van der Waals surface area contributed by atoms with Crippen LogP contribution in [0.3, 0.4) is 0 Å². The monoisotopic (exact) mass is 749 g/mol. The molecule has 0 bridgehead atoms. The molecule has 0 amide bonds. The molecule has 12 rings (SSSR count). The quantitative estimate of drug-likeness (QED) is 0.175. The van der Waals surface area contributed by atoms with Crippen molar-refractivity contribution in [2.75, 3.05) is 0 Å². The van der Waals surface area contributed by atoms with E-state index in [1.54, 1.807) is 0 Å². The van der Waals surface area contributed by atoms with Gasteiger partial charge in [0.2, 0.25) is 0 Å². The standard InChI is InChI=1S/C56H35N3/c1-3-13-36(14-4-1)44-27-28-53-49(32-44)50-31-42-21-11-12-22-43(42)33-54(50)59(53)56-55(46-26-24-38-16-8-10-20-41(38)30-46)57-51-35-48(45-25-23-37-15-7-9-19-40(37)29-45)47(34-52(51)58-56)39-17-5-2-6-18-39/h1-35H. The van der Waals surface area contributed by atoms with E-state index in [0.717, 1.165) is 66.8 Å². The van der Waals surface area contributed by atoms with Gasteiger partial charge < -0.3 is 0 Å². The molecule has 0 aliphatic carbocycles. The smallest absolute Gasteiger partial charge is 0.165 e. The third-order valence-corrected chi connectivity index (χ3v) is 11.9. The van der Waals surface area contributed by atoms with Gasteiger partial charge in [0.15, 0.2) is 5.82 Å². The van der Waals surface area contributed by atoms with Gasteiger partial charge in [0.25, 0.3) is 0 Å². The number of aromatic nitrogens is 3. The van der Waals surface area contributed by atoms with Crippen molar-refractivity contribution in [3.63, 3.8) is 0 Å². The molecule has 2 heterocycles. The lowest BCUT2D eigenvalue weighted by molar-refractivity contribution is 1.08. The molecular weight excluding hydrogens is 715 g/mol. The van der Waals surface area contributed by atoms with Crippen LogP contribution in [0.1, 0.15) is 0 Å². The second kappa shape index (κ2) is 13.4. The normalized spacial score (nSPS) is 11.7. The lowest BCUT2D eigenvalue weighted by atomic mass is 9.92. The largest absolute Gasteiger partial charge is 0.292 e. The molecule has 274 valence electrons. The number of hydrogen-bond acceptors (Lipinski definition) is 2. The Balaban J connectivity index is 1.19. The molecule has 0 N–H and O–H groups in total. The Morgan fingerprint density at radius 3 is 1.46 bits per heavy atom. The topological polar surface area (TPSA) is 30.7 Å². The predicted octanol–water partition coefficient (Wildman–Crippen LogP) is 14.9. The van der Waals surface area contributed by atoms with Crippen molar-refractivity contribution < 1.29 is 0 Å². The Morgan fingerprint density at radius 2 is 0.780 bits per heavy atom. The van der Waals surface area contributed by atoms with Crippen LogP contribution >= 0.6 is 0 Å². The number of hydrogen-bond donors (Lipinski definition) is 0. The van der Waals surface area contributed by atoms with Crippen LogP contribution in [0.2, 0.25) is 0 Å². The first-order valence-electron chi connectivity index (χ1n) is 20.1. The zero-order valence-electron chi connectivity index (χ0n) is 32.0. The van der Waals surface area contributed by atoms with Gasteiger partial charge in [-0.05, 0) is 114 Å². The summed E-state index contributed by atoms with van der Waals surface area (Å²) < 4.78 is 2.35. The molecule has 0 fully saturated rings. The second-order valence-electron chi connectivity index (χ2n) is 15.4. The summed E-state index contributed by atoms with van der Waals surface area (Å²) in [6.07, 6.45) is 0. The molecule has 0 saturated carbocycles. The fraction of sp³-hybridized carbons (Fsp3) is 0. The van der Waals surface area contributed by atoms with E-state index in [1.165, 1.54) is 48.8 Å². The van der Waals surface area contributed by atoms with Crippen molar-refractivity contribution in [2.24, 2.45) is 0 Å². The van der Waals surface area contributed by atoms with Crippen LogP contribution in [-0.2, 0) is 0 Å². The molecule has 0 atom stereocenters. The molecule has 0 aliphatic heterocycles. The highest BCUT2D eigenvalue weighted by Gasteiger charge is 2.22. The molecule has 0 radical (unpaired) electrons. The van der Waals surface area contributed by atoms with Gasteiger partial charge in [0.05, 0.1) is 22.1 Å². The minimum absolute atomic E-state index is 0.799. The highest BCUT2D eigenvalue weighted by atomic mass is 15.1. The summed E-state index contributed by atoms with van der Waals surface area (Å²) in [5, 5.41) is 9.52. The van der Waals surface area contributed by atoms with Gasteiger partial charge in [-0.1, -0.05) is 164 Å². The van der Waals surface area contributed by atoms with Crippen molar-refractivity contribution in [3.05, 3.63) is 212 Å². The first-order chi connectivity index (χ1) is 29.2. The minimum Gasteiger partial charge on any atom is -0.292 e. The molecule has 0 aliphatic rings. The first-order valence-corrected chi connectivity index (χ1v) is 20.1. The molecule has 0 saturated heterocycles. The van der Waals surface area contributed by atoms with Crippen molar-refractivity contribution >= 4 is 65.2 Å². The number of fused-ring (bicyclic) bond motifs is 7. The number of benzene rings is 10. The number of nitrogens with zero attached hydrogens (tertiary/aromatic N) is 3. The maximum atomic E-state index is 5.71. The van der Waals surface area contributed by atoms with E-state index in [0.29, 0.717) is 0 Å². The number of rotatable bonds is 5. The average Bonchev–Trinajstić information content (AvgIpc) is 3.62. The molecule has 10 aromatic carbocycles. The molecule has 12 aromatic rings. The van der Waals surface area contributed by atoms with Crippen LogP contribution in [-0.4, -0.2) is 14.5 Å². The van der Waals surface area contributed by atoms with E-state index in [9.17, 15) is 0 Å². The van der Waals surface area contributed by atoms with Gasteiger partial charge >= 0.3 is 0 Å². The van der Waals surface area contributed by atoms with Gasteiger partial charge in [0, 0.05) is 16.3 Å². The molecule has 3 nitrogen and oxygen atoms in total. The Kier molecular flexibility index (Phi) is 7.54. The van der Waals surface area contributed by atoms with Crippen LogP contribution in [0.15, 0.2) is 212 Å². The maximum Gasteiger partial charge on any atom is 0.165 e. The third-order valence-electron chi connectivity index (χ3n) is 11.9. The lowest BCUT2D eigenvalue weighted by Gasteiger charge is -2.17. The summed E-state index contributed by atoms with van der Waals surface area (Å²) in [5.74, 6) is 0.799. The summed E-state index contributed by atoms with van der Waals surface area (Å²) >= 11 is 0. The molecule has 59 heavy (non-hydrogen) atoms. The summed E-state index contributed by atoms with van der Waals surface area (Å²) in [6, 6.07) is 76.4. The van der Waals surface area contributed by atoms with Gasteiger partial charge in [-0.3, -0.25) is 4.57 Å². The Morgan fingerprint density at radius 1 is 0.288 bits per heavy atom. The maximum absolute atomic E-state index is 5.71. The Bertz CT molecular complexity index is 3600. The van der Waals surface area contributed by atoms with Crippen molar-refractivity contribution in [3.8, 4) is 50.5 Å². The molecule has 3 heteroatoms. The summed E-state index contributed by atoms with van der Waals surface area (Å²) in [5.41, 5.74) is 12.6. The highest BCUT2D eigenvalue weighted by Crippen LogP contribution is 2.42. The van der Waals surface area contributed by atoms with Gasteiger partial charge in [-0.2, -0.15) is 0 Å². The third kappa shape index (κ3) is 5.59. The Labute approximate surface area is 341 Å². The van der Waals surface area contributed by atoms with E-state index in [4.69, 9.17) is 9.97 Å². The van der Waals surface area contributed by atoms with Crippen LogP contribution < -0.4 is 0 Å². The predicted molar refractivity (Wildman–Crippen MR) is 248 cm³/mol. The van der Waals surface area contributed by atoms with E-state index in [2.05, 4.69) is 217 Å². The SMILES string of the molecule is c1ccc(-c2ccc3c(c2)c2cc4ccccc4cc2n3-c2nc3cc(-c4ccccc4)c(-c4ccc5ccccc5c4)cc3nc2-c2ccc3ccccc3c2)cc1. The first kappa shape index (κ1) is 33.3. The zero-order valence-corrected chi connectivity index (χ0v) is 32.0. The molecule has 2 aromatic heterocycles. The summed E-state index contributed by atoms with van der Waals surface area (Å²) in [7, 11) is 0. The fourth-order valence-electron chi connectivity index (χ4n) is 8.98. The average molecular weight is 750 g/mol. The van der Waals surface area contributed by atoms with Crippen LogP contribution in [0, 0.1) is 0 Å². The lowest BCUT2D eigenvalue weighted by Crippen LogP contribution is -2.04. The molecule has 0 spiro atoms. The van der Waals surface area contributed by atoms with Gasteiger partial charge in [0.1, 0.15) is 5.69 Å². The second-order valence-corrected chi connectivity index (χ2v) is 15.4. The van der Waals surface area contributed by atoms with Crippen molar-refractivity contribution in [1.82, 2.24) is 14.5 Å². The van der Waals surface area contributed by atoms with Crippen LogP contribution in [0.5, 0.6) is 0 Å². The van der Waals surface area contributed by atoms with E-state index < -0.39 is 0 Å². The van der Waals surface area contributed by atoms with Crippen LogP contribution in [0.25, 0.3) is 116 Å². The molecule has 0 unspecified atom stereocenters. The van der Waals surface area contributed by atoms with Crippen molar-refractivity contribution in [1.29, 1.82) is 0 Å². The van der Waals surface area contributed by atoms with E-state index in [1.807, 2.05) is 0 Å². The molecular formula is C56H35N3. The van der Waals surface area contributed by atoms with E-state index >= 15 is 0 Å². The Hall–Kier alpha value is -7.88. The van der Waals surface area contributed by atoms with Crippen molar-refractivity contribution in [2.45, 2.75) is 0 Å². The minimum atomic E-state index is 0.799. The zero-order chi connectivity index (χ0) is 38.9. The summed E-state index contributed by atoms with van der Waals surface area (Å²) in [4.78, 5) is 11.4. The van der Waals surface area contributed by atoms with Crippen LogP contribution in [0.4, 0.5) is 0 Å². The summed E-state index contributed by atoms with van der Waals surface area (Å²) in [6.45, 7) is 0. The van der Waals surface area contributed by atoms with Gasteiger partial charge in [-0.25, -0.2) is 9.97 Å². The highest BCUT2D eigenvalue weighted by molar-refractivity contribution is 6.15. The fourth-order valence-corrected chi connectivity index (χ4v) is 8.98.